The second kappa shape index (κ2) is 3.27. The van der Waals surface area contributed by atoms with Crippen LogP contribution in [0, 0.1) is 0 Å². The van der Waals surface area contributed by atoms with Gasteiger partial charge in [0.25, 0.3) is 0 Å². The first-order valence-electron chi connectivity index (χ1n) is 3.48. The zero-order chi connectivity index (χ0) is 8.27. The molecule has 0 aromatic heterocycles. The molecular weight excluding hydrogens is 144 g/mol. The van der Waals surface area contributed by atoms with Gasteiger partial charge < -0.3 is 4.74 Å². The summed E-state index contributed by atoms with van der Waals surface area (Å²) in [6.07, 6.45) is 1.38. The van der Waals surface area contributed by atoms with Crippen LogP contribution in [0.25, 0.3) is 0 Å². The summed E-state index contributed by atoms with van der Waals surface area (Å²) in [5.74, 6) is -0.378. The minimum atomic E-state index is -0.378. The van der Waals surface area contributed by atoms with E-state index in [2.05, 4.69) is 14.9 Å². The Morgan fingerprint density at radius 3 is 2.82 bits per heavy atom. The van der Waals surface area contributed by atoms with E-state index >= 15 is 0 Å². The number of nitrogens with zero attached hydrogens (tertiary/aromatic N) is 2. The lowest BCUT2D eigenvalue weighted by Gasteiger charge is -1.95. The Labute approximate surface area is 65.0 Å². The highest BCUT2D eigenvalue weighted by atomic mass is 16.5. The summed E-state index contributed by atoms with van der Waals surface area (Å²) in [5, 5.41) is 7.50. The summed E-state index contributed by atoms with van der Waals surface area (Å²) in [6, 6.07) is 0. The lowest BCUT2D eigenvalue weighted by Crippen LogP contribution is -2.15. The topological polar surface area (TPSA) is 51.0 Å². The SMILES string of the molecule is CCC1=NN=C(C(=O)OC)C1. The van der Waals surface area contributed by atoms with Gasteiger partial charge in [0.05, 0.1) is 7.11 Å². The molecule has 0 aromatic rings. The number of ether oxygens (including phenoxy) is 1. The van der Waals surface area contributed by atoms with Crippen molar-refractivity contribution in [3.8, 4) is 0 Å². The Morgan fingerprint density at radius 2 is 2.36 bits per heavy atom. The smallest absolute Gasteiger partial charge is 0.354 e. The molecule has 1 aliphatic rings. The van der Waals surface area contributed by atoms with E-state index in [9.17, 15) is 4.79 Å². The van der Waals surface area contributed by atoms with Gasteiger partial charge in [-0.1, -0.05) is 6.92 Å². The molecule has 0 radical (unpaired) electrons. The van der Waals surface area contributed by atoms with Crippen LogP contribution in [0.5, 0.6) is 0 Å². The lowest BCUT2D eigenvalue weighted by atomic mass is 10.1. The quantitative estimate of drug-likeness (QED) is 0.551. The number of carbonyl (C=O) groups is 1. The van der Waals surface area contributed by atoms with E-state index in [0.29, 0.717) is 12.1 Å². The first-order chi connectivity index (χ1) is 5.27. The Bertz CT molecular complexity index is 231. The first-order valence-corrected chi connectivity index (χ1v) is 3.48. The molecule has 0 aliphatic carbocycles. The van der Waals surface area contributed by atoms with Crippen molar-refractivity contribution in [2.75, 3.05) is 7.11 Å². The second-order valence-corrected chi connectivity index (χ2v) is 2.23. The standard InChI is InChI=1S/C7H10N2O2/c1-3-5-4-6(9-8-5)7(10)11-2/h3-4H2,1-2H3. The molecule has 0 aromatic carbocycles. The van der Waals surface area contributed by atoms with Gasteiger partial charge in [0.2, 0.25) is 0 Å². The number of hydrogen-bond donors (Lipinski definition) is 0. The molecule has 0 N–H and O–H groups in total. The average molecular weight is 154 g/mol. The van der Waals surface area contributed by atoms with E-state index in [0.717, 1.165) is 12.1 Å². The van der Waals surface area contributed by atoms with Gasteiger partial charge >= 0.3 is 5.97 Å². The van der Waals surface area contributed by atoms with E-state index in [4.69, 9.17) is 0 Å². The molecule has 11 heavy (non-hydrogen) atoms. The maximum atomic E-state index is 10.8. The molecule has 1 rings (SSSR count). The molecule has 0 bridgehead atoms. The Hall–Kier alpha value is -1.19. The average Bonchev–Trinajstić information content (AvgIpc) is 2.50. The molecule has 0 unspecified atom stereocenters. The van der Waals surface area contributed by atoms with Gasteiger partial charge in [-0.2, -0.15) is 5.10 Å². The highest BCUT2D eigenvalue weighted by Gasteiger charge is 2.18. The molecule has 0 atom stereocenters. The van der Waals surface area contributed by atoms with Gasteiger partial charge in [0, 0.05) is 12.1 Å². The van der Waals surface area contributed by atoms with Gasteiger partial charge in [0.1, 0.15) is 0 Å². The number of methoxy groups -OCH3 is 1. The van der Waals surface area contributed by atoms with Crippen LogP contribution in [-0.4, -0.2) is 24.5 Å². The summed E-state index contributed by atoms with van der Waals surface area (Å²) in [6.45, 7) is 1.98. The van der Waals surface area contributed by atoms with Crippen LogP contribution < -0.4 is 0 Å². The summed E-state index contributed by atoms with van der Waals surface area (Å²) >= 11 is 0. The van der Waals surface area contributed by atoms with Crippen molar-refractivity contribution in [3.63, 3.8) is 0 Å². The summed E-state index contributed by atoms with van der Waals surface area (Å²) in [4.78, 5) is 10.8. The molecular formula is C7H10N2O2. The second-order valence-electron chi connectivity index (χ2n) is 2.23. The van der Waals surface area contributed by atoms with Gasteiger partial charge in [-0.3, -0.25) is 0 Å². The number of carbonyl (C=O) groups excluding carboxylic acids is 1. The van der Waals surface area contributed by atoms with Crippen LogP contribution in [0.15, 0.2) is 10.2 Å². The lowest BCUT2D eigenvalue weighted by molar-refractivity contribution is -0.132. The Morgan fingerprint density at radius 1 is 1.64 bits per heavy atom. The predicted octanol–water partition coefficient (Wildman–Crippen LogP) is 0.770. The van der Waals surface area contributed by atoms with Crippen molar-refractivity contribution in [1.82, 2.24) is 0 Å². The maximum Gasteiger partial charge on any atom is 0.354 e. The maximum absolute atomic E-state index is 10.8. The van der Waals surface area contributed by atoms with Crippen molar-refractivity contribution in [3.05, 3.63) is 0 Å². The molecule has 1 aliphatic heterocycles. The summed E-state index contributed by atoms with van der Waals surface area (Å²) in [7, 11) is 1.34. The third-order valence-electron chi connectivity index (χ3n) is 1.51. The monoisotopic (exact) mass is 154 g/mol. The van der Waals surface area contributed by atoms with E-state index < -0.39 is 0 Å². The Balaban J connectivity index is 2.52. The minimum absolute atomic E-state index is 0.378. The number of hydrogen-bond acceptors (Lipinski definition) is 4. The van der Waals surface area contributed by atoms with Crippen LogP contribution in [-0.2, 0) is 9.53 Å². The van der Waals surface area contributed by atoms with Crippen molar-refractivity contribution in [2.24, 2.45) is 10.2 Å². The van der Waals surface area contributed by atoms with Gasteiger partial charge in [-0.15, -0.1) is 5.10 Å². The number of rotatable bonds is 2. The zero-order valence-electron chi connectivity index (χ0n) is 6.63. The summed E-state index contributed by atoms with van der Waals surface area (Å²) < 4.78 is 4.48. The van der Waals surface area contributed by atoms with Gasteiger partial charge in [-0.05, 0) is 6.42 Å². The fourth-order valence-corrected chi connectivity index (χ4v) is 0.822. The van der Waals surface area contributed by atoms with E-state index in [1.54, 1.807) is 0 Å². The zero-order valence-corrected chi connectivity index (χ0v) is 6.63. The van der Waals surface area contributed by atoms with E-state index in [1.165, 1.54) is 7.11 Å². The third-order valence-corrected chi connectivity index (χ3v) is 1.51. The highest BCUT2D eigenvalue weighted by molar-refractivity contribution is 6.41. The van der Waals surface area contributed by atoms with E-state index in [-0.39, 0.29) is 5.97 Å². The molecule has 0 spiro atoms. The molecule has 0 saturated carbocycles. The van der Waals surface area contributed by atoms with Crippen LogP contribution in [0.4, 0.5) is 0 Å². The Kier molecular flexibility index (Phi) is 2.36. The molecule has 0 saturated heterocycles. The fourth-order valence-electron chi connectivity index (χ4n) is 0.822. The van der Waals surface area contributed by atoms with Crippen LogP contribution in [0.2, 0.25) is 0 Å². The molecule has 60 valence electrons. The summed E-state index contributed by atoms with van der Waals surface area (Å²) in [5.41, 5.74) is 1.34. The minimum Gasteiger partial charge on any atom is -0.464 e. The fraction of sp³-hybridized carbons (Fsp3) is 0.571. The normalized spacial score (nSPS) is 15.8. The van der Waals surface area contributed by atoms with Gasteiger partial charge in [0.15, 0.2) is 5.71 Å². The third kappa shape index (κ3) is 1.63. The van der Waals surface area contributed by atoms with Gasteiger partial charge in [-0.25, -0.2) is 4.79 Å². The van der Waals surface area contributed by atoms with Crippen molar-refractivity contribution >= 4 is 17.4 Å². The predicted molar refractivity (Wildman–Crippen MR) is 41.8 cm³/mol. The largest absolute Gasteiger partial charge is 0.464 e. The van der Waals surface area contributed by atoms with Crippen LogP contribution >= 0.6 is 0 Å². The molecule has 4 heteroatoms. The van der Waals surface area contributed by atoms with Crippen molar-refractivity contribution in [2.45, 2.75) is 19.8 Å². The molecule has 0 amide bonds. The number of esters is 1. The van der Waals surface area contributed by atoms with Crippen LogP contribution in [0.3, 0.4) is 0 Å². The highest BCUT2D eigenvalue weighted by Crippen LogP contribution is 2.05. The molecule has 1 heterocycles. The molecule has 4 nitrogen and oxygen atoms in total. The van der Waals surface area contributed by atoms with Crippen molar-refractivity contribution in [1.29, 1.82) is 0 Å². The molecule has 0 fully saturated rings. The van der Waals surface area contributed by atoms with Crippen molar-refractivity contribution < 1.29 is 9.53 Å². The first kappa shape index (κ1) is 7.91. The van der Waals surface area contributed by atoms with Crippen LogP contribution in [0.1, 0.15) is 19.8 Å². The van der Waals surface area contributed by atoms with E-state index in [1.807, 2.05) is 6.92 Å².